The second kappa shape index (κ2) is 9.95. The van der Waals surface area contributed by atoms with Crippen LogP contribution in [0.4, 0.5) is 0 Å². The number of nitrogens with one attached hydrogen (secondary N) is 1. The molecule has 2 saturated carbocycles. The molecule has 4 aromatic rings. The Morgan fingerprint density at radius 1 is 1.12 bits per heavy atom. The van der Waals surface area contributed by atoms with Crippen LogP contribution in [-0.4, -0.2) is 66.8 Å². The van der Waals surface area contributed by atoms with Crippen LogP contribution in [0.25, 0.3) is 16.6 Å². The Bertz CT molecular complexity index is 1630. The van der Waals surface area contributed by atoms with Crippen LogP contribution in [0.5, 0.6) is 0 Å². The Labute approximate surface area is 242 Å². The van der Waals surface area contributed by atoms with Crippen LogP contribution in [0.3, 0.4) is 0 Å². The molecule has 4 heterocycles. The fourth-order valence-corrected chi connectivity index (χ4v) is 7.68. The second-order valence-corrected chi connectivity index (χ2v) is 13.6. The smallest absolute Gasteiger partial charge is 0.279 e. The number of pyridine rings is 1. The fourth-order valence-electron chi connectivity index (χ4n) is 7.68. The molecular formula is C33H43N7O. The van der Waals surface area contributed by atoms with Crippen LogP contribution in [-0.2, 0) is 19.0 Å². The summed E-state index contributed by atoms with van der Waals surface area (Å²) in [6.07, 6.45) is 8.37. The quantitative estimate of drug-likeness (QED) is 0.356. The van der Waals surface area contributed by atoms with E-state index in [1.165, 1.54) is 24.0 Å². The average molecular weight is 554 g/mol. The van der Waals surface area contributed by atoms with E-state index in [1.54, 1.807) is 6.33 Å². The summed E-state index contributed by atoms with van der Waals surface area (Å²) in [5, 5.41) is 9.84. The zero-order chi connectivity index (χ0) is 28.5. The minimum atomic E-state index is -0.164. The summed E-state index contributed by atoms with van der Waals surface area (Å²) in [5.74, 6) is 2.74. The van der Waals surface area contributed by atoms with Gasteiger partial charge in [-0.15, -0.1) is 10.2 Å². The van der Waals surface area contributed by atoms with Crippen LogP contribution >= 0.6 is 0 Å². The van der Waals surface area contributed by atoms with Crippen LogP contribution < -0.4 is 5.56 Å². The van der Waals surface area contributed by atoms with Crippen molar-refractivity contribution in [2.45, 2.75) is 70.4 Å². The lowest BCUT2D eigenvalue weighted by Gasteiger charge is -2.46. The van der Waals surface area contributed by atoms with Crippen molar-refractivity contribution >= 4 is 10.9 Å². The number of nitrogens with zero attached hydrogens (tertiary/aromatic N) is 6. The van der Waals surface area contributed by atoms with Gasteiger partial charge in [-0.3, -0.25) is 14.3 Å². The summed E-state index contributed by atoms with van der Waals surface area (Å²) in [6, 6.07) is 11.4. The third-order valence-electron chi connectivity index (χ3n) is 9.99. The number of rotatable bonds is 7. The number of aryl methyl sites for hydroxylation is 1. The molecule has 3 fully saturated rings. The first-order chi connectivity index (χ1) is 19.7. The van der Waals surface area contributed by atoms with Gasteiger partial charge < -0.3 is 14.5 Å². The molecule has 3 aromatic heterocycles. The van der Waals surface area contributed by atoms with Gasteiger partial charge in [0, 0.05) is 62.2 Å². The van der Waals surface area contributed by atoms with Gasteiger partial charge in [0.05, 0.1) is 5.41 Å². The van der Waals surface area contributed by atoms with Gasteiger partial charge in [-0.2, -0.15) is 0 Å². The maximum atomic E-state index is 14.1. The van der Waals surface area contributed by atoms with Crippen molar-refractivity contribution < 1.29 is 0 Å². The van der Waals surface area contributed by atoms with Crippen molar-refractivity contribution in [1.82, 2.24) is 34.1 Å². The van der Waals surface area contributed by atoms with Crippen molar-refractivity contribution in [3.63, 3.8) is 0 Å². The van der Waals surface area contributed by atoms with Crippen LogP contribution in [0, 0.1) is 11.8 Å². The van der Waals surface area contributed by atoms with Crippen LogP contribution in [0.1, 0.15) is 75.0 Å². The summed E-state index contributed by atoms with van der Waals surface area (Å²) in [4.78, 5) is 22.7. The Hall–Kier alpha value is -3.23. The number of fused-ring (bicyclic) bond motifs is 1. The second-order valence-electron chi connectivity index (χ2n) is 13.6. The number of H-pyrrole nitrogens is 1. The molecule has 0 bridgehead atoms. The van der Waals surface area contributed by atoms with Crippen molar-refractivity contribution in [3.8, 4) is 5.69 Å². The fraction of sp³-hybridized carbons (Fsp3) is 0.545. The van der Waals surface area contributed by atoms with Gasteiger partial charge in [0.2, 0.25) is 0 Å². The SMILES string of the molecule is CC1CC(c2cccc(-n3cc(C4CC4)c4cc(CN5CCN(C)C[C@H]5C(C)C)[nH]c4c3=O)c2)(c2nncn2C)C1. The van der Waals surface area contributed by atoms with Crippen molar-refractivity contribution in [2.75, 3.05) is 26.7 Å². The third kappa shape index (κ3) is 4.56. The average Bonchev–Trinajstić information content (AvgIpc) is 3.55. The monoisotopic (exact) mass is 553 g/mol. The molecule has 0 spiro atoms. The van der Waals surface area contributed by atoms with E-state index in [-0.39, 0.29) is 11.0 Å². The molecule has 41 heavy (non-hydrogen) atoms. The summed E-state index contributed by atoms with van der Waals surface area (Å²) in [6.45, 7) is 11.0. The summed E-state index contributed by atoms with van der Waals surface area (Å²) >= 11 is 0. The molecule has 0 amide bonds. The highest BCUT2D eigenvalue weighted by Gasteiger charge is 2.48. The summed E-state index contributed by atoms with van der Waals surface area (Å²) in [5.41, 5.74) is 5.19. The molecule has 0 radical (unpaired) electrons. The highest BCUT2D eigenvalue weighted by Crippen LogP contribution is 2.51. The standard InChI is InChI=1S/C33H43N7O/c1-21(2)29-19-37(4)11-12-39(29)17-25-14-27-28(23-9-10-23)18-40(31(41)30(27)35-25)26-8-6-7-24(13-26)33(15-22(3)16-33)32-36-34-20-38(32)5/h6-8,13-14,18,20-23,29,35H,9-12,15-17,19H2,1-5H3/t22?,29-,33?/m0/s1. The van der Waals surface area contributed by atoms with Crippen molar-refractivity contribution in [2.24, 2.45) is 18.9 Å². The van der Waals surface area contributed by atoms with Gasteiger partial charge in [-0.1, -0.05) is 32.9 Å². The molecule has 8 heteroatoms. The number of aromatic amines is 1. The molecule has 1 saturated heterocycles. The Morgan fingerprint density at radius 2 is 1.93 bits per heavy atom. The van der Waals surface area contributed by atoms with E-state index >= 15 is 0 Å². The highest BCUT2D eigenvalue weighted by atomic mass is 16.1. The maximum absolute atomic E-state index is 14.1. The summed E-state index contributed by atoms with van der Waals surface area (Å²) in [7, 11) is 4.24. The third-order valence-corrected chi connectivity index (χ3v) is 9.99. The van der Waals surface area contributed by atoms with Gasteiger partial charge in [0.15, 0.2) is 0 Å². The molecule has 2 aliphatic carbocycles. The van der Waals surface area contributed by atoms with E-state index in [0.29, 0.717) is 23.8 Å². The van der Waals surface area contributed by atoms with Crippen molar-refractivity contribution in [3.05, 3.63) is 75.9 Å². The molecule has 1 atom stereocenters. The molecule has 7 rings (SSSR count). The van der Waals surface area contributed by atoms with Gasteiger partial charge in [-0.25, -0.2) is 0 Å². The normalized spacial score (nSPS) is 25.7. The highest BCUT2D eigenvalue weighted by molar-refractivity contribution is 5.84. The molecule has 216 valence electrons. The van der Waals surface area contributed by atoms with Gasteiger partial charge in [-0.05, 0) is 79.8 Å². The topological polar surface area (TPSA) is 75.0 Å². The zero-order valence-corrected chi connectivity index (χ0v) is 25.1. The Morgan fingerprint density at radius 3 is 2.61 bits per heavy atom. The van der Waals surface area contributed by atoms with Crippen LogP contribution in [0.15, 0.2) is 47.7 Å². The molecule has 1 aliphatic heterocycles. The lowest BCUT2D eigenvalue weighted by molar-refractivity contribution is 0.0563. The molecule has 1 aromatic carbocycles. The van der Waals surface area contributed by atoms with E-state index < -0.39 is 0 Å². The number of likely N-dealkylation sites (N-methyl/N-ethyl adjacent to an activating group) is 1. The predicted octanol–water partition coefficient (Wildman–Crippen LogP) is 4.81. The minimum absolute atomic E-state index is 0.0290. The lowest BCUT2D eigenvalue weighted by atomic mass is 9.58. The molecule has 3 aliphatic rings. The van der Waals surface area contributed by atoms with E-state index in [9.17, 15) is 4.79 Å². The maximum Gasteiger partial charge on any atom is 0.279 e. The van der Waals surface area contributed by atoms with E-state index in [1.807, 2.05) is 16.2 Å². The first kappa shape index (κ1) is 26.7. The Balaban J connectivity index is 1.28. The number of benzene rings is 1. The summed E-state index contributed by atoms with van der Waals surface area (Å²) < 4.78 is 3.94. The van der Waals surface area contributed by atoms with Gasteiger partial charge >= 0.3 is 0 Å². The minimum Gasteiger partial charge on any atom is -0.353 e. The first-order valence-corrected chi connectivity index (χ1v) is 15.4. The van der Waals surface area contributed by atoms with Gasteiger partial charge in [0.1, 0.15) is 17.7 Å². The number of aromatic nitrogens is 5. The lowest BCUT2D eigenvalue weighted by Crippen LogP contribution is -2.53. The van der Waals surface area contributed by atoms with E-state index in [0.717, 1.165) is 67.1 Å². The molecule has 0 unspecified atom stereocenters. The van der Waals surface area contributed by atoms with E-state index in [4.69, 9.17) is 0 Å². The molecule has 8 nitrogen and oxygen atoms in total. The van der Waals surface area contributed by atoms with Gasteiger partial charge in [0.25, 0.3) is 5.56 Å². The first-order valence-electron chi connectivity index (χ1n) is 15.4. The zero-order valence-electron chi connectivity index (χ0n) is 25.1. The Kier molecular flexibility index (Phi) is 6.47. The van der Waals surface area contributed by atoms with E-state index in [2.05, 4.69) is 89.3 Å². The van der Waals surface area contributed by atoms with Crippen molar-refractivity contribution in [1.29, 1.82) is 0 Å². The predicted molar refractivity (Wildman–Crippen MR) is 163 cm³/mol. The largest absolute Gasteiger partial charge is 0.353 e. The molecule has 1 N–H and O–H groups in total. The molecular weight excluding hydrogens is 510 g/mol. The van der Waals surface area contributed by atoms with Crippen LogP contribution in [0.2, 0.25) is 0 Å². The number of hydrogen-bond acceptors (Lipinski definition) is 5. The number of hydrogen-bond donors (Lipinski definition) is 1. The number of piperazine rings is 1.